The highest BCUT2D eigenvalue weighted by Gasteiger charge is 2.19. The minimum atomic E-state index is -0.813. The van der Waals surface area contributed by atoms with Crippen molar-refractivity contribution in [2.45, 2.75) is 0 Å². The lowest BCUT2D eigenvalue weighted by atomic mass is 10.0. The van der Waals surface area contributed by atoms with Crippen molar-refractivity contribution in [3.8, 4) is 6.07 Å². The Bertz CT molecular complexity index is 484. The fraction of sp³-hybridized carbons (Fsp3) is 0.100. The van der Waals surface area contributed by atoms with Crippen molar-refractivity contribution in [2.24, 2.45) is 10.9 Å². The number of allylic oxidation sites excluding steroid dienone is 1. The lowest BCUT2D eigenvalue weighted by molar-refractivity contribution is -0.118. The summed E-state index contributed by atoms with van der Waals surface area (Å²) in [5.41, 5.74) is 1.25. The fourth-order valence-electron chi connectivity index (χ4n) is 1.21. The Morgan fingerprint density at radius 1 is 1.47 bits per heavy atom. The summed E-state index contributed by atoms with van der Waals surface area (Å²) in [6.07, 6.45) is 4.50. The molecule has 0 saturated heterocycles. The van der Waals surface area contributed by atoms with Gasteiger partial charge in [0, 0.05) is 18.0 Å². The number of aliphatic imine (C=N–C) groups is 1. The molecule has 1 aromatic heterocycles. The quantitative estimate of drug-likeness (QED) is 0.662. The van der Waals surface area contributed by atoms with Crippen molar-refractivity contribution < 1.29 is 4.79 Å². The van der Waals surface area contributed by atoms with Crippen molar-refractivity contribution in [3.05, 3.63) is 30.1 Å². The van der Waals surface area contributed by atoms with E-state index in [9.17, 15) is 4.79 Å². The molecule has 0 radical (unpaired) electrons. The Labute approximate surface area is 85.8 Å². The number of carbonyl (C=O) groups is 1. The number of rotatable bonds is 1. The largest absolute Gasteiger partial charge is 0.271 e. The summed E-state index contributed by atoms with van der Waals surface area (Å²) in [6, 6.07) is 5.34. The van der Waals surface area contributed by atoms with Gasteiger partial charge in [-0.05, 0) is 18.2 Å². The van der Waals surface area contributed by atoms with Crippen LogP contribution in [0.4, 0.5) is 0 Å². The first-order valence-corrected chi connectivity index (χ1v) is 4.28. The molecule has 15 heavy (non-hydrogen) atoms. The van der Waals surface area contributed by atoms with Crippen LogP contribution < -0.4 is 0 Å². The lowest BCUT2D eigenvalue weighted by Crippen LogP contribution is -2.13. The predicted octanol–water partition coefficient (Wildman–Crippen LogP) is 0.611. The molecule has 72 valence electrons. The highest BCUT2D eigenvalue weighted by atomic mass is 16.1. The first-order valence-electron chi connectivity index (χ1n) is 4.28. The zero-order valence-electron chi connectivity index (χ0n) is 7.66. The molecule has 1 aliphatic heterocycles. The van der Waals surface area contributed by atoms with E-state index in [2.05, 4.69) is 15.2 Å². The Kier molecular flexibility index (Phi) is 2.33. The van der Waals surface area contributed by atoms with E-state index in [1.807, 2.05) is 6.07 Å². The number of amides is 1. The van der Waals surface area contributed by atoms with Gasteiger partial charge in [0.2, 0.25) is 0 Å². The summed E-state index contributed by atoms with van der Waals surface area (Å²) in [5, 5.41) is 16.3. The molecule has 1 aliphatic rings. The van der Waals surface area contributed by atoms with Crippen LogP contribution in [0.25, 0.3) is 5.57 Å². The van der Waals surface area contributed by atoms with E-state index >= 15 is 0 Å². The normalized spacial score (nSPS) is 19.5. The van der Waals surface area contributed by atoms with Crippen molar-refractivity contribution >= 4 is 17.7 Å². The third kappa shape index (κ3) is 1.79. The third-order valence-corrected chi connectivity index (χ3v) is 1.95. The second-order valence-corrected chi connectivity index (χ2v) is 2.93. The van der Waals surface area contributed by atoms with Crippen LogP contribution in [0.2, 0.25) is 0 Å². The summed E-state index contributed by atoms with van der Waals surface area (Å²) in [5.74, 6) is -1.25. The summed E-state index contributed by atoms with van der Waals surface area (Å²) in [6.45, 7) is 0. The number of hydrogen-bond acceptors (Lipinski definition) is 4. The van der Waals surface area contributed by atoms with Crippen molar-refractivity contribution in [1.82, 2.24) is 10.2 Å². The Morgan fingerprint density at radius 2 is 2.33 bits per heavy atom. The monoisotopic (exact) mass is 198 g/mol. The van der Waals surface area contributed by atoms with Gasteiger partial charge < -0.3 is 0 Å². The molecule has 1 amide bonds. The second-order valence-electron chi connectivity index (χ2n) is 2.93. The summed E-state index contributed by atoms with van der Waals surface area (Å²) in [4.78, 5) is 14.7. The zero-order chi connectivity index (χ0) is 10.7. The van der Waals surface area contributed by atoms with E-state index in [-0.39, 0.29) is 0 Å². The van der Waals surface area contributed by atoms with Gasteiger partial charge in [0.1, 0.15) is 5.92 Å². The molecule has 0 bridgehead atoms. The molecule has 0 fully saturated rings. The molecule has 1 aromatic rings. The maximum Gasteiger partial charge on any atom is 0.266 e. The molecule has 1 atom stereocenters. The smallest absolute Gasteiger partial charge is 0.266 e. The standard InChI is InChI=1S/C10H6N4O/c11-5-7-4-8(6-12-10(7)15)9-2-1-3-13-14-9/h1-4,6-7H. The molecule has 0 aromatic carbocycles. The SMILES string of the molecule is N#CC1C=C(c2cccnn2)C=NC1=O. The average Bonchev–Trinajstić information content (AvgIpc) is 2.31. The fourth-order valence-corrected chi connectivity index (χ4v) is 1.21. The maximum absolute atomic E-state index is 11.1. The highest BCUT2D eigenvalue weighted by molar-refractivity contribution is 6.16. The van der Waals surface area contributed by atoms with Gasteiger partial charge in [0.05, 0.1) is 11.8 Å². The van der Waals surface area contributed by atoms with Crippen LogP contribution in [0, 0.1) is 17.2 Å². The van der Waals surface area contributed by atoms with E-state index in [1.54, 1.807) is 24.4 Å². The van der Waals surface area contributed by atoms with Crippen LogP contribution in [0.15, 0.2) is 29.4 Å². The molecule has 2 heterocycles. The van der Waals surface area contributed by atoms with E-state index in [4.69, 9.17) is 5.26 Å². The number of hydrogen-bond donors (Lipinski definition) is 0. The first kappa shape index (κ1) is 9.21. The van der Waals surface area contributed by atoms with Gasteiger partial charge in [-0.25, -0.2) is 4.99 Å². The van der Waals surface area contributed by atoms with E-state index < -0.39 is 11.8 Å². The minimum absolute atomic E-state index is 0.440. The Morgan fingerprint density at radius 3 is 3.00 bits per heavy atom. The predicted molar refractivity (Wildman–Crippen MR) is 52.6 cm³/mol. The van der Waals surface area contributed by atoms with Gasteiger partial charge in [-0.15, -0.1) is 0 Å². The van der Waals surface area contributed by atoms with Crippen molar-refractivity contribution in [1.29, 1.82) is 5.26 Å². The number of dihydropyridines is 1. The van der Waals surface area contributed by atoms with E-state index in [0.717, 1.165) is 0 Å². The van der Waals surface area contributed by atoms with Crippen molar-refractivity contribution in [3.63, 3.8) is 0 Å². The van der Waals surface area contributed by atoms with Crippen LogP contribution in [-0.4, -0.2) is 22.3 Å². The van der Waals surface area contributed by atoms with Gasteiger partial charge in [-0.3, -0.25) is 4.79 Å². The third-order valence-electron chi connectivity index (χ3n) is 1.95. The molecule has 2 rings (SSSR count). The highest BCUT2D eigenvalue weighted by Crippen LogP contribution is 2.16. The maximum atomic E-state index is 11.1. The molecule has 0 saturated carbocycles. The molecular formula is C10H6N4O. The topological polar surface area (TPSA) is 79.0 Å². The molecule has 0 N–H and O–H groups in total. The van der Waals surface area contributed by atoms with Crippen LogP contribution in [0.5, 0.6) is 0 Å². The molecule has 5 nitrogen and oxygen atoms in total. The van der Waals surface area contributed by atoms with Crippen LogP contribution in [0.3, 0.4) is 0 Å². The van der Waals surface area contributed by atoms with Crippen LogP contribution >= 0.6 is 0 Å². The van der Waals surface area contributed by atoms with E-state index in [1.165, 1.54) is 6.21 Å². The number of aromatic nitrogens is 2. The van der Waals surface area contributed by atoms with E-state index in [0.29, 0.717) is 11.3 Å². The first-order chi connectivity index (χ1) is 7.31. The van der Waals surface area contributed by atoms with Gasteiger partial charge >= 0.3 is 0 Å². The summed E-state index contributed by atoms with van der Waals surface area (Å²) in [7, 11) is 0. The summed E-state index contributed by atoms with van der Waals surface area (Å²) >= 11 is 0. The van der Waals surface area contributed by atoms with Gasteiger partial charge in [-0.2, -0.15) is 15.5 Å². The van der Waals surface area contributed by atoms with Crippen molar-refractivity contribution in [2.75, 3.05) is 0 Å². The zero-order valence-corrected chi connectivity index (χ0v) is 7.66. The average molecular weight is 198 g/mol. The summed E-state index contributed by atoms with van der Waals surface area (Å²) < 4.78 is 0. The minimum Gasteiger partial charge on any atom is -0.271 e. The Hall–Kier alpha value is -2.35. The molecule has 1 unspecified atom stereocenters. The van der Waals surface area contributed by atoms with Crippen LogP contribution in [-0.2, 0) is 4.79 Å². The van der Waals surface area contributed by atoms with Gasteiger partial charge in [0.25, 0.3) is 5.91 Å². The van der Waals surface area contributed by atoms with Crippen LogP contribution in [0.1, 0.15) is 5.69 Å². The number of nitrogens with zero attached hydrogens (tertiary/aromatic N) is 4. The number of carbonyl (C=O) groups excluding carboxylic acids is 1. The lowest BCUT2D eigenvalue weighted by Gasteiger charge is -2.07. The molecule has 0 spiro atoms. The Balaban J connectivity index is 2.37. The van der Waals surface area contributed by atoms with Gasteiger partial charge in [-0.1, -0.05) is 0 Å². The van der Waals surface area contributed by atoms with Gasteiger partial charge in [0.15, 0.2) is 0 Å². The second kappa shape index (κ2) is 3.80. The molecular weight excluding hydrogens is 192 g/mol. The molecule has 5 heteroatoms. The molecule has 0 aliphatic carbocycles. The number of nitriles is 1.